The van der Waals surface area contributed by atoms with Crippen LogP contribution in [-0.2, 0) is 6.54 Å². The first kappa shape index (κ1) is 20.8. The van der Waals surface area contributed by atoms with Gasteiger partial charge in [-0.2, -0.15) is 0 Å². The molecule has 0 saturated carbocycles. The highest BCUT2D eigenvalue weighted by Gasteiger charge is 2.27. The summed E-state index contributed by atoms with van der Waals surface area (Å²) in [5.74, 6) is -0.392. The molecule has 2 aromatic rings. The third kappa shape index (κ3) is 4.60. The zero-order valence-corrected chi connectivity index (χ0v) is 16.5. The Bertz CT molecular complexity index is 933. The molecule has 1 aromatic heterocycles. The van der Waals surface area contributed by atoms with Crippen LogP contribution in [0.5, 0.6) is 0 Å². The van der Waals surface area contributed by atoms with Crippen LogP contribution in [0.3, 0.4) is 0 Å². The van der Waals surface area contributed by atoms with Gasteiger partial charge in [0.15, 0.2) is 5.69 Å². The molecule has 0 fully saturated rings. The lowest BCUT2D eigenvalue weighted by Crippen LogP contribution is -2.42. The Kier molecular flexibility index (Phi) is 6.85. The van der Waals surface area contributed by atoms with Crippen LogP contribution in [0.2, 0.25) is 5.02 Å². The standard InChI is InChI=1S/C19H25ClN4O3/c1-4-5-10-23-16(21)15(17(25)22-19(23)27)24(11-12(2)3)18(26)13-8-6-7-9-14(13)20/h6-9,12H,4-5,10-11,21H2,1-3H3,(H,22,25,27). The predicted molar refractivity (Wildman–Crippen MR) is 109 cm³/mol. The summed E-state index contributed by atoms with van der Waals surface area (Å²) in [6.07, 6.45) is 1.58. The molecule has 1 amide bonds. The van der Waals surface area contributed by atoms with Gasteiger partial charge in [-0.3, -0.25) is 19.1 Å². The maximum atomic E-state index is 13.2. The second kappa shape index (κ2) is 8.90. The monoisotopic (exact) mass is 392 g/mol. The fourth-order valence-electron chi connectivity index (χ4n) is 2.80. The number of rotatable bonds is 7. The number of aromatic amines is 1. The number of halogens is 1. The number of anilines is 2. The van der Waals surface area contributed by atoms with Crippen molar-refractivity contribution in [1.29, 1.82) is 0 Å². The van der Waals surface area contributed by atoms with E-state index in [-0.39, 0.29) is 34.6 Å². The molecular weight excluding hydrogens is 368 g/mol. The molecule has 27 heavy (non-hydrogen) atoms. The molecule has 8 heteroatoms. The molecular formula is C19H25ClN4O3. The number of hydrogen-bond acceptors (Lipinski definition) is 4. The van der Waals surface area contributed by atoms with E-state index < -0.39 is 17.2 Å². The summed E-state index contributed by atoms with van der Waals surface area (Å²) in [5.41, 5.74) is 5.15. The summed E-state index contributed by atoms with van der Waals surface area (Å²) in [4.78, 5) is 41.5. The third-order valence-corrected chi connectivity index (χ3v) is 4.45. The summed E-state index contributed by atoms with van der Waals surface area (Å²) < 4.78 is 1.30. The van der Waals surface area contributed by atoms with Gasteiger partial charge in [0.1, 0.15) is 5.82 Å². The first-order valence-corrected chi connectivity index (χ1v) is 9.34. The minimum Gasteiger partial charge on any atom is -0.383 e. The van der Waals surface area contributed by atoms with Gasteiger partial charge in [0, 0.05) is 13.1 Å². The zero-order chi connectivity index (χ0) is 20.1. The van der Waals surface area contributed by atoms with Crippen molar-refractivity contribution in [2.75, 3.05) is 17.2 Å². The molecule has 1 aromatic carbocycles. The Morgan fingerprint density at radius 2 is 1.96 bits per heavy atom. The SMILES string of the molecule is CCCCn1c(N)c(N(CC(C)C)C(=O)c2ccccc2Cl)c(=O)[nH]c1=O. The van der Waals surface area contributed by atoms with Crippen molar-refractivity contribution in [2.24, 2.45) is 5.92 Å². The van der Waals surface area contributed by atoms with Crippen LogP contribution in [0.1, 0.15) is 44.0 Å². The van der Waals surface area contributed by atoms with E-state index in [1.165, 1.54) is 9.47 Å². The van der Waals surface area contributed by atoms with Crippen molar-refractivity contribution in [3.63, 3.8) is 0 Å². The molecule has 3 N–H and O–H groups in total. The molecule has 0 atom stereocenters. The zero-order valence-electron chi connectivity index (χ0n) is 15.8. The van der Waals surface area contributed by atoms with Crippen LogP contribution < -0.4 is 21.9 Å². The lowest BCUT2D eigenvalue weighted by molar-refractivity contribution is 0.0983. The number of H-pyrrole nitrogens is 1. The van der Waals surface area contributed by atoms with Gasteiger partial charge in [0.2, 0.25) is 0 Å². The quantitative estimate of drug-likeness (QED) is 0.756. The number of nitrogens with two attached hydrogens (primary N) is 1. The number of nitrogen functional groups attached to an aromatic ring is 1. The molecule has 0 aliphatic carbocycles. The molecule has 0 bridgehead atoms. The van der Waals surface area contributed by atoms with Crippen molar-refractivity contribution < 1.29 is 4.79 Å². The molecule has 2 rings (SSSR count). The topological polar surface area (TPSA) is 101 Å². The van der Waals surface area contributed by atoms with Gasteiger partial charge in [0.05, 0.1) is 10.6 Å². The van der Waals surface area contributed by atoms with Crippen LogP contribution in [0.4, 0.5) is 11.5 Å². The van der Waals surface area contributed by atoms with E-state index in [9.17, 15) is 14.4 Å². The summed E-state index contributed by atoms with van der Waals surface area (Å²) >= 11 is 6.17. The lowest BCUT2D eigenvalue weighted by Gasteiger charge is -2.26. The Hall–Kier alpha value is -2.54. The number of amides is 1. The van der Waals surface area contributed by atoms with Crippen molar-refractivity contribution in [2.45, 2.75) is 40.2 Å². The minimum atomic E-state index is -0.689. The van der Waals surface area contributed by atoms with E-state index >= 15 is 0 Å². The van der Waals surface area contributed by atoms with Gasteiger partial charge in [0.25, 0.3) is 11.5 Å². The third-order valence-electron chi connectivity index (χ3n) is 4.12. The molecule has 146 valence electrons. The largest absolute Gasteiger partial charge is 0.383 e. The number of carbonyl (C=O) groups is 1. The summed E-state index contributed by atoms with van der Waals surface area (Å²) in [6.45, 7) is 6.44. The fraction of sp³-hybridized carbons (Fsp3) is 0.421. The Balaban J connectivity index is 2.64. The fourth-order valence-corrected chi connectivity index (χ4v) is 3.01. The van der Waals surface area contributed by atoms with Gasteiger partial charge in [-0.15, -0.1) is 0 Å². The summed E-state index contributed by atoms with van der Waals surface area (Å²) in [5, 5.41) is 0.283. The van der Waals surface area contributed by atoms with Gasteiger partial charge in [-0.1, -0.05) is 50.9 Å². The molecule has 7 nitrogen and oxygen atoms in total. The van der Waals surface area contributed by atoms with Gasteiger partial charge in [-0.05, 0) is 24.5 Å². The molecule has 0 aliphatic rings. The Morgan fingerprint density at radius 3 is 2.56 bits per heavy atom. The number of nitrogens with one attached hydrogen (secondary N) is 1. The van der Waals surface area contributed by atoms with E-state index in [1.54, 1.807) is 24.3 Å². The second-order valence-electron chi connectivity index (χ2n) is 6.79. The molecule has 1 heterocycles. The number of nitrogens with zero attached hydrogens (tertiary/aromatic N) is 2. The lowest BCUT2D eigenvalue weighted by atomic mass is 10.1. The maximum absolute atomic E-state index is 13.2. The summed E-state index contributed by atoms with van der Waals surface area (Å²) in [7, 11) is 0. The maximum Gasteiger partial charge on any atom is 0.330 e. The number of unbranched alkanes of at least 4 members (excludes halogenated alkanes) is 1. The highest BCUT2D eigenvalue weighted by atomic mass is 35.5. The molecule has 0 spiro atoms. The van der Waals surface area contributed by atoms with Crippen LogP contribution >= 0.6 is 11.6 Å². The van der Waals surface area contributed by atoms with Crippen molar-refractivity contribution >= 4 is 29.0 Å². The van der Waals surface area contributed by atoms with Gasteiger partial charge >= 0.3 is 5.69 Å². The van der Waals surface area contributed by atoms with Crippen LogP contribution in [-0.4, -0.2) is 22.0 Å². The average molecular weight is 393 g/mol. The van der Waals surface area contributed by atoms with E-state index in [0.717, 1.165) is 12.8 Å². The normalized spacial score (nSPS) is 11.0. The molecule has 0 unspecified atom stereocenters. The first-order valence-electron chi connectivity index (χ1n) is 8.96. The number of hydrogen-bond donors (Lipinski definition) is 2. The van der Waals surface area contributed by atoms with Crippen LogP contribution in [0.25, 0.3) is 0 Å². The number of benzene rings is 1. The van der Waals surface area contributed by atoms with E-state index in [1.807, 2.05) is 20.8 Å². The smallest absolute Gasteiger partial charge is 0.330 e. The Morgan fingerprint density at radius 1 is 1.30 bits per heavy atom. The highest BCUT2D eigenvalue weighted by Crippen LogP contribution is 2.24. The first-order chi connectivity index (χ1) is 12.8. The van der Waals surface area contributed by atoms with Crippen LogP contribution in [0.15, 0.2) is 33.9 Å². The Labute approximate surface area is 162 Å². The van der Waals surface area contributed by atoms with Gasteiger partial charge in [-0.25, -0.2) is 4.79 Å². The van der Waals surface area contributed by atoms with E-state index in [2.05, 4.69) is 4.98 Å². The second-order valence-corrected chi connectivity index (χ2v) is 7.19. The van der Waals surface area contributed by atoms with E-state index in [0.29, 0.717) is 6.54 Å². The molecule has 0 saturated heterocycles. The van der Waals surface area contributed by atoms with Crippen molar-refractivity contribution in [3.8, 4) is 0 Å². The summed E-state index contributed by atoms with van der Waals surface area (Å²) in [6, 6.07) is 6.62. The van der Waals surface area contributed by atoms with Crippen LogP contribution in [0, 0.1) is 5.92 Å². The predicted octanol–water partition coefficient (Wildman–Crippen LogP) is 2.88. The number of aromatic nitrogens is 2. The van der Waals surface area contributed by atoms with E-state index in [4.69, 9.17) is 17.3 Å². The average Bonchev–Trinajstić information content (AvgIpc) is 2.60. The highest BCUT2D eigenvalue weighted by molar-refractivity contribution is 6.34. The minimum absolute atomic E-state index is 0.0155. The molecule has 0 aliphatic heterocycles. The van der Waals surface area contributed by atoms with Crippen molar-refractivity contribution in [1.82, 2.24) is 9.55 Å². The van der Waals surface area contributed by atoms with Crippen molar-refractivity contribution in [3.05, 3.63) is 55.7 Å². The van der Waals surface area contributed by atoms with Gasteiger partial charge < -0.3 is 10.6 Å². The number of carbonyl (C=O) groups excluding carboxylic acids is 1. The molecule has 0 radical (unpaired) electrons.